The van der Waals surface area contributed by atoms with Crippen molar-refractivity contribution in [1.82, 2.24) is 0 Å². The molecule has 52 valence electrons. The van der Waals surface area contributed by atoms with E-state index in [0.29, 0.717) is 0 Å². The first-order valence-corrected chi connectivity index (χ1v) is 4.53. The summed E-state index contributed by atoms with van der Waals surface area (Å²) in [6.45, 7) is 1.98. The first-order valence-electron chi connectivity index (χ1n) is 3.61. The number of halogens is 1. The lowest BCUT2D eigenvalue weighted by Crippen LogP contribution is -1.96. The molecule has 1 unspecified atom stereocenters. The van der Waals surface area contributed by atoms with Gasteiger partial charge in [0.15, 0.2) is 0 Å². The molecule has 1 saturated carbocycles. The van der Waals surface area contributed by atoms with Crippen LogP contribution in [0.5, 0.6) is 0 Å². The predicted molar refractivity (Wildman–Crippen MR) is 39.7 cm³/mol. The zero-order chi connectivity index (χ0) is 6.27. The van der Waals surface area contributed by atoms with Gasteiger partial charge in [0.2, 0.25) is 0 Å². The van der Waals surface area contributed by atoms with E-state index in [9.17, 15) is 0 Å². The van der Waals surface area contributed by atoms with Crippen LogP contribution in [-0.2, 0) is 4.74 Å². The van der Waals surface area contributed by atoms with Gasteiger partial charge >= 0.3 is 0 Å². The first-order chi connectivity index (χ1) is 4.39. The fraction of sp³-hybridized carbons (Fsp3) is 1.00. The smallest absolute Gasteiger partial charge is 0.0469 e. The summed E-state index contributed by atoms with van der Waals surface area (Å²) in [5.74, 6) is 1.90. The molecule has 0 radical (unpaired) electrons. The summed E-state index contributed by atoms with van der Waals surface area (Å²) in [4.78, 5) is 0.835. The van der Waals surface area contributed by atoms with Gasteiger partial charge in [-0.3, -0.25) is 0 Å². The number of rotatable bonds is 0. The Labute approximate surface area is 63.9 Å². The predicted octanol–water partition coefficient (Wildman–Crippen LogP) is 1.81. The standard InChI is InChI=1S/C7H11BrO/c8-7-5-1-3-9-4-2-6(5)7/h5-7H,1-4H2/t5-,6+,7?. The van der Waals surface area contributed by atoms with Crippen LogP contribution in [0.3, 0.4) is 0 Å². The third kappa shape index (κ3) is 1.03. The third-order valence-electron chi connectivity index (χ3n) is 2.42. The fourth-order valence-electron chi connectivity index (χ4n) is 1.69. The molecule has 0 aromatic rings. The minimum Gasteiger partial charge on any atom is -0.381 e. The topological polar surface area (TPSA) is 9.23 Å². The molecule has 0 bridgehead atoms. The molecular formula is C7H11BrO. The van der Waals surface area contributed by atoms with E-state index in [0.717, 1.165) is 29.9 Å². The van der Waals surface area contributed by atoms with Gasteiger partial charge in [-0.2, -0.15) is 0 Å². The highest BCUT2D eigenvalue weighted by atomic mass is 79.9. The van der Waals surface area contributed by atoms with Crippen LogP contribution in [0.4, 0.5) is 0 Å². The van der Waals surface area contributed by atoms with E-state index < -0.39 is 0 Å². The Hall–Kier alpha value is 0.440. The van der Waals surface area contributed by atoms with Crippen LogP contribution in [0.1, 0.15) is 12.8 Å². The Kier molecular flexibility index (Phi) is 1.54. The van der Waals surface area contributed by atoms with Crippen molar-refractivity contribution in [3.63, 3.8) is 0 Å². The molecule has 1 heterocycles. The van der Waals surface area contributed by atoms with Gasteiger partial charge in [0.05, 0.1) is 0 Å². The van der Waals surface area contributed by atoms with Gasteiger partial charge in [-0.25, -0.2) is 0 Å². The second kappa shape index (κ2) is 2.24. The van der Waals surface area contributed by atoms with Crippen molar-refractivity contribution in [3.8, 4) is 0 Å². The Morgan fingerprint density at radius 1 is 1.11 bits per heavy atom. The van der Waals surface area contributed by atoms with Crippen molar-refractivity contribution in [2.75, 3.05) is 13.2 Å². The zero-order valence-electron chi connectivity index (χ0n) is 5.35. The van der Waals surface area contributed by atoms with Crippen LogP contribution in [0.2, 0.25) is 0 Å². The average Bonchev–Trinajstić information content (AvgIpc) is 2.51. The molecule has 0 amide bonds. The Morgan fingerprint density at radius 3 is 2.22 bits per heavy atom. The molecule has 0 aromatic heterocycles. The maximum Gasteiger partial charge on any atom is 0.0469 e. The van der Waals surface area contributed by atoms with Crippen LogP contribution in [0.25, 0.3) is 0 Å². The van der Waals surface area contributed by atoms with Crippen LogP contribution in [-0.4, -0.2) is 18.0 Å². The summed E-state index contributed by atoms with van der Waals surface area (Å²) in [6.07, 6.45) is 2.56. The number of fused-ring (bicyclic) bond motifs is 1. The van der Waals surface area contributed by atoms with E-state index in [1.165, 1.54) is 12.8 Å². The number of ether oxygens (including phenoxy) is 1. The highest BCUT2D eigenvalue weighted by Gasteiger charge is 2.47. The van der Waals surface area contributed by atoms with Crippen molar-refractivity contribution in [1.29, 1.82) is 0 Å². The first kappa shape index (κ1) is 6.17. The Balaban J connectivity index is 1.93. The van der Waals surface area contributed by atoms with E-state index in [4.69, 9.17) is 4.74 Å². The van der Waals surface area contributed by atoms with Crippen molar-refractivity contribution >= 4 is 15.9 Å². The second-order valence-electron chi connectivity index (χ2n) is 2.96. The van der Waals surface area contributed by atoms with Crippen LogP contribution in [0, 0.1) is 11.8 Å². The number of hydrogen-bond acceptors (Lipinski definition) is 1. The Bertz CT molecular complexity index is 103. The van der Waals surface area contributed by atoms with Gasteiger partial charge in [0.25, 0.3) is 0 Å². The van der Waals surface area contributed by atoms with Crippen LogP contribution < -0.4 is 0 Å². The van der Waals surface area contributed by atoms with E-state index >= 15 is 0 Å². The van der Waals surface area contributed by atoms with Crippen LogP contribution in [0.15, 0.2) is 0 Å². The van der Waals surface area contributed by atoms with E-state index in [-0.39, 0.29) is 0 Å². The molecule has 9 heavy (non-hydrogen) atoms. The van der Waals surface area contributed by atoms with Crippen molar-refractivity contribution in [2.45, 2.75) is 17.7 Å². The van der Waals surface area contributed by atoms with Gasteiger partial charge in [-0.15, -0.1) is 0 Å². The molecule has 0 spiro atoms. The molecule has 1 aliphatic heterocycles. The summed E-state index contributed by atoms with van der Waals surface area (Å²) in [7, 11) is 0. The van der Waals surface area contributed by atoms with Crippen molar-refractivity contribution < 1.29 is 4.74 Å². The summed E-state index contributed by atoms with van der Waals surface area (Å²) in [5, 5.41) is 0. The van der Waals surface area contributed by atoms with Gasteiger partial charge in [0, 0.05) is 18.0 Å². The lowest BCUT2D eigenvalue weighted by molar-refractivity contribution is 0.137. The molecule has 1 aliphatic carbocycles. The summed E-state index contributed by atoms with van der Waals surface area (Å²) in [6, 6.07) is 0. The van der Waals surface area contributed by atoms with E-state index in [1.807, 2.05) is 0 Å². The molecule has 3 atom stereocenters. The van der Waals surface area contributed by atoms with Crippen molar-refractivity contribution in [3.05, 3.63) is 0 Å². The van der Waals surface area contributed by atoms with Gasteiger partial charge < -0.3 is 4.74 Å². The van der Waals surface area contributed by atoms with E-state index in [1.54, 1.807) is 0 Å². The normalized spacial score (nSPS) is 49.7. The van der Waals surface area contributed by atoms with Crippen molar-refractivity contribution in [2.24, 2.45) is 11.8 Å². The maximum absolute atomic E-state index is 5.32. The summed E-state index contributed by atoms with van der Waals surface area (Å²) in [5.41, 5.74) is 0. The second-order valence-corrected chi connectivity index (χ2v) is 4.02. The van der Waals surface area contributed by atoms with Gasteiger partial charge in [-0.05, 0) is 24.7 Å². The molecule has 2 fully saturated rings. The molecule has 2 aliphatic rings. The molecular weight excluding hydrogens is 180 g/mol. The zero-order valence-corrected chi connectivity index (χ0v) is 6.93. The Morgan fingerprint density at radius 2 is 1.67 bits per heavy atom. The molecule has 0 N–H and O–H groups in total. The number of alkyl halides is 1. The molecule has 1 nitrogen and oxygen atoms in total. The molecule has 1 saturated heterocycles. The van der Waals surface area contributed by atoms with Crippen LogP contribution >= 0.6 is 15.9 Å². The molecule has 2 rings (SSSR count). The van der Waals surface area contributed by atoms with Gasteiger partial charge in [-0.1, -0.05) is 15.9 Å². The molecule has 2 heteroatoms. The lowest BCUT2D eigenvalue weighted by Gasteiger charge is -1.97. The maximum atomic E-state index is 5.32. The number of hydrogen-bond donors (Lipinski definition) is 0. The monoisotopic (exact) mass is 190 g/mol. The SMILES string of the molecule is BrC1[C@H]2CCOCC[C@@H]12. The minimum atomic E-state index is 0.835. The highest BCUT2D eigenvalue weighted by Crippen LogP contribution is 2.50. The minimum absolute atomic E-state index is 0.835. The van der Waals surface area contributed by atoms with Gasteiger partial charge in [0.1, 0.15) is 0 Å². The summed E-state index contributed by atoms with van der Waals surface area (Å²) >= 11 is 3.65. The highest BCUT2D eigenvalue weighted by molar-refractivity contribution is 9.09. The fourth-order valence-corrected chi connectivity index (χ4v) is 2.82. The quantitative estimate of drug-likeness (QED) is 0.530. The van der Waals surface area contributed by atoms with E-state index in [2.05, 4.69) is 15.9 Å². The average molecular weight is 191 g/mol. The molecule has 0 aromatic carbocycles. The largest absolute Gasteiger partial charge is 0.381 e. The lowest BCUT2D eigenvalue weighted by atomic mass is 10.2. The third-order valence-corrected chi connectivity index (χ3v) is 3.78. The summed E-state index contributed by atoms with van der Waals surface area (Å²) < 4.78 is 5.32.